The van der Waals surface area contributed by atoms with Crippen LogP contribution in [0.1, 0.15) is 42.5 Å². The molecule has 4 rings (SSSR count). The van der Waals surface area contributed by atoms with Crippen molar-refractivity contribution in [2.45, 2.75) is 32.1 Å². The smallest absolute Gasteiger partial charge is 0.337 e. The number of carbonyl (C=O) groups is 1. The summed E-state index contributed by atoms with van der Waals surface area (Å²) in [7, 11) is 3.12. The maximum atomic E-state index is 11.7. The number of fused-ring (bicyclic) bond motifs is 1. The number of esters is 1. The van der Waals surface area contributed by atoms with E-state index in [-0.39, 0.29) is 5.97 Å². The predicted molar refractivity (Wildman–Crippen MR) is 134 cm³/mol. The summed E-state index contributed by atoms with van der Waals surface area (Å²) in [6.07, 6.45) is 7.58. The van der Waals surface area contributed by atoms with Gasteiger partial charge in [-0.1, -0.05) is 42.7 Å². The summed E-state index contributed by atoms with van der Waals surface area (Å²) >= 11 is 1.53. The number of benzene rings is 2. The zero-order valence-electron chi connectivity index (χ0n) is 19.5. The van der Waals surface area contributed by atoms with Crippen LogP contribution in [0.15, 0.2) is 54.7 Å². The Morgan fingerprint density at radius 2 is 1.56 bits per heavy atom. The van der Waals surface area contributed by atoms with Gasteiger partial charge in [0.15, 0.2) is 0 Å². The topological polar surface area (TPSA) is 75.0 Å². The normalized spacial score (nSPS) is 11.1. The van der Waals surface area contributed by atoms with Crippen molar-refractivity contribution in [3.05, 3.63) is 60.3 Å². The Morgan fingerprint density at radius 1 is 0.882 bits per heavy atom. The van der Waals surface area contributed by atoms with Crippen molar-refractivity contribution >= 4 is 22.3 Å². The summed E-state index contributed by atoms with van der Waals surface area (Å²) in [5.41, 5.74) is 3.33. The zero-order chi connectivity index (χ0) is 23.8. The van der Waals surface area contributed by atoms with E-state index in [4.69, 9.17) is 19.3 Å². The Bertz CT molecular complexity index is 1200. The van der Waals surface area contributed by atoms with Crippen LogP contribution in [0, 0.1) is 0 Å². The minimum Gasteiger partial charge on any atom is -0.494 e. The largest absolute Gasteiger partial charge is 0.494 e. The third-order valence-electron chi connectivity index (χ3n) is 5.55. The molecular weight excluding hydrogens is 450 g/mol. The van der Waals surface area contributed by atoms with Gasteiger partial charge in [-0.25, -0.2) is 14.3 Å². The highest BCUT2D eigenvalue weighted by molar-refractivity contribution is 7.19. The van der Waals surface area contributed by atoms with Gasteiger partial charge in [-0.3, -0.25) is 0 Å². The van der Waals surface area contributed by atoms with Gasteiger partial charge in [-0.05, 0) is 49.2 Å². The highest BCUT2D eigenvalue weighted by atomic mass is 32.1. The first kappa shape index (κ1) is 23.9. The minimum absolute atomic E-state index is 0.355. The molecule has 7 nitrogen and oxygen atoms in total. The van der Waals surface area contributed by atoms with E-state index in [0.717, 1.165) is 58.6 Å². The fraction of sp³-hybridized carbons (Fsp3) is 0.346. The maximum absolute atomic E-state index is 11.7. The van der Waals surface area contributed by atoms with E-state index in [9.17, 15) is 4.79 Å². The first-order chi connectivity index (χ1) is 16.7. The van der Waals surface area contributed by atoms with Gasteiger partial charge in [0.25, 0.3) is 0 Å². The molecule has 2 aromatic heterocycles. The zero-order valence-corrected chi connectivity index (χ0v) is 20.3. The number of hydrogen-bond donors (Lipinski definition) is 0. The molecular formula is C26H29N3O4S. The van der Waals surface area contributed by atoms with Gasteiger partial charge < -0.3 is 14.2 Å². The van der Waals surface area contributed by atoms with Crippen LogP contribution in [0.2, 0.25) is 0 Å². The number of ether oxygens (including phenoxy) is 3. The molecule has 0 saturated heterocycles. The van der Waals surface area contributed by atoms with E-state index in [1.165, 1.54) is 37.7 Å². The summed E-state index contributed by atoms with van der Waals surface area (Å²) < 4.78 is 17.6. The predicted octanol–water partition coefficient (Wildman–Crippen LogP) is 5.89. The lowest BCUT2D eigenvalue weighted by Crippen LogP contribution is -2.00. The SMILES string of the molecule is COCCCCCCCOc1ccc(-c2nn3c(-c4ccc(C(=O)OC)cc4)cnc3s2)cc1. The lowest BCUT2D eigenvalue weighted by Gasteiger charge is -2.06. The molecule has 2 heterocycles. The van der Waals surface area contributed by atoms with Gasteiger partial charge in [0, 0.05) is 24.8 Å². The van der Waals surface area contributed by atoms with Gasteiger partial charge in [0.05, 0.1) is 31.2 Å². The van der Waals surface area contributed by atoms with Crippen molar-refractivity contribution in [1.29, 1.82) is 0 Å². The summed E-state index contributed by atoms with van der Waals surface area (Å²) in [5, 5.41) is 5.66. The molecule has 4 aromatic rings. The van der Waals surface area contributed by atoms with Crippen LogP contribution in [0.25, 0.3) is 26.8 Å². The lowest BCUT2D eigenvalue weighted by molar-refractivity contribution is 0.0600. The third kappa shape index (κ3) is 5.81. The summed E-state index contributed by atoms with van der Waals surface area (Å²) in [4.78, 5) is 17.0. The molecule has 178 valence electrons. The van der Waals surface area contributed by atoms with E-state index >= 15 is 0 Å². The van der Waals surface area contributed by atoms with Gasteiger partial charge in [0.1, 0.15) is 10.8 Å². The molecule has 0 spiro atoms. The fourth-order valence-corrected chi connectivity index (χ4v) is 4.54. The highest BCUT2D eigenvalue weighted by Crippen LogP contribution is 2.30. The maximum Gasteiger partial charge on any atom is 0.337 e. The van der Waals surface area contributed by atoms with E-state index in [1.807, 2.05) is 40.9 Å². The van der Waals surface area contributed by atoms with Gasteiger partial charge in [-0.2, -0.15) is 5.10 Å². The minimum atomic E-state index is -0.355. The lowest BCUT2D eigenvalue weighted by atomic mass is 10.1. The molecule has 8 heteroatoms. The molecule has 0 radical (unpaired) electrons. The molecule has 0 atom stereocenters. The average Bonchev–Trinajstić information content (AvgIpc) is 3.47. The summed E-state index contributed by atoms with van der Waals surface area (Å²) in [5.74, 6) is 0.516. The van der Waals surface area contributed by atoms with Crippen molar-refractivity contribution in [3.8, 4) is 27.6 Å². The molecule has 0 aliphatic carbocycles. The molecule has 2 aromatic carbocycles. The molecule has 0 bridgehead atoms. The Hall–Kier alpha value is -3.23. The highest BCUT2D eigenvalue weighted by Gasteiger charge is 2.14. The number of aromatic nitrogens is 3. The number of methoxy groups -OCH3 is 2. The second-order valence-corrected chi connectivity index (χ2v) is 8.90. The van der Waals surface area contributed by atoms with E-state index in [2.05, 4.69) is 4.98 Å². The summed E-state index contributed by atoms with van der Waals surface area (Å²) in [6, 6.07) is 15.3. The molecule has 0 amide bonds. The molecule has 34 heavy (non-hydrogen) atoms. The molecule has 0 N–H and O–H groups in total. The number of hydrogen-bond acceptors (Lipinski definition) is 7. The monoisotopic (exact) mass is 479 g/mol. The van der Waals surface area contributed by atoms with Gasteiger partial charge in [-0.15, -0.1) is 0 Å². The Kier molecular flexibility index (Phi) is 8.27. The van der Waals surface area contributed by atoms with Crippen molar-refractivity contribution in [2.24, 2.45) is 0 Å². The van der Waals surface area contributed by atoms with Crippen LogP contribution in [-0.2, 0) is 9.47 Å². The quantitative estimate of drug-likeness (QED) is 0.186. The third-order valence-corrected chi connectivity index (χ3v) is 6.52. The standard InChI is InChI=1S/C26H29N3O4S/c1-31-16-6-4-3-5-7-17-33-22-14-12-20(13-15-22)24-28-29-23(18-27-26(29)34-24)19-8-10-21(11-9-19)25(30)32-2/h8-15,18H,3-7,16-17H2,1-2H3. The number of rotatable bonds is 12. The molecule has 0 unspecified atom stereocenters. The van der Waals surface area contributed by atoms with E-state index in [1.54, 1.807) is 25.4 Å². The molecule has 0 aliphatic rings. The van der Waals surface area contributed by atoms with Crippen molar-refractivity contribution in [3.63, 3.8) is 0 Å². The van der Waals surface area contributed by atoms with Crippen LogP contribution in [0.3, 0.4) is 0 Å². The average molecular weight is 480 g/mol. The first-order valence-corrected chi connectivity index (χ1v) is 12.3. The second-order valence-electron chi connectivity index (χ2n) is 7.95. The molecule has 0 aliphatic heterocycles. The van der Waals surface area contributed by atoms with Crippen LogP contribution in [0.4, 0.5) is 0 Å². The molecule has 0 saturated carbocycles. The van der Waals surface area contributed by atoms with E-state index < -0.39 is 0 Å². The van der Waals surface area contributed by atoms with Crippen molar-refractivity contribution in [1.82, 2.24) is 14.6 Å². The number of imidazole rings is 1. The molecule has 0 fully saturated rings. The van der Waals surface area contributed by atoms with Gasteiger partial charge >= 0.3 is 5.97 Å². The van der Waals surface area contributed by atoms with Crippen molar-refractivity contribution in [2.75, 3.05) is 27.4 Å². The van der Waals surface area contributed by atoms with Crippen LogP contribution >= 0.6 is 11.3 Å². The number of unbranched alkanes of at least 4 members (excludes halogenated alkanes) is 4. The van der Waals surface area contributed by atoms with Crippen LogP contribution < -0.4 is 4.74 Å². The van der Waals surface area contributed by atoms with Crippen molar-refractivity contribution < 1.29 is 19.0 Å². The fourth-order valence-electron chi connectivity index (χ4n) is 3.66. The van der Waals surface area contributed by atoms with Crippen LogP contribution in [0.5, 0.6) is 5.75 Å². The first-order valence-electron chi connectivity index (χ1n) is 11.4. The van der Waals surface area contributed by atoms with E-state index in [0.29, 0.717) is 5.56 Å². The Balaban J connectivity index is 1.36. The van der Waals surface area contributed by atoms with Gasteiger partial charge in [0.2, 0.25) is 4.96 Å². The Morgan fingerprint density at radius 3 is 2.26 bits per heavy atom. The summed E-state index contributed by atoms with van der Waals surface area (Å²) in [6.45, 7) is 1.58. The number of carbonyl (C=O) groups excluding carboxylic acids is 1. The Labute approximate surface area is 203 Å². The second kappa shape index (κ2) is 11.8. The number of nitrogens with zero attached hydrogens (tertiary/aromatic N) is 3. The van der Waals surface area contributed by atoms with Crippen LogP contribution in [-0.4, -0.2) is 48.0 Å².